The minimum atomic E-state index is -0.301. The second-order valence-electron chi connectivity index (χ2n) is 1.36. The number of rotatable bonds is 0. The highest BCUT2D eigenvalue weighted by molar-refractivity contribution is 4.70. The lowest BCUT2D eigenvalue weighted by atomic mass is 10.3. The van der Waals surface area contributed by atoms with E-state index in [1.165, 1.54) is 6.61 Å². The number of ether oxygens (including phenoxy) is 1. The lowest BCUT2D eigenvalue weighted by Gasteiger charge is -1.88. The summed E-state index contributed by atoms with van der Waals surface area (Å²) in [5, 5.41) is 8.55. The van der Waals surface area contributed by atoms with Crippen molar-refractivity contribution in [3.8, 4) is 0 Å². The molecular formula is C4H7O2. The fourth-order valence-corrected chi connectivity index (χ4v) is 0.436. The third-order valence-corrected chi connectivity index (χ3v) is 0.785. The van der Waals surface area contributed by atoms with E-state index in [0.29, 0.717) is 6.61 Å². The molecule has 0 saturated carbocycles. The number of aliphatic hydroxyl groups is 1. The molecule has 6 heavy (non-hydrogen) atoms. The van der Waals surface area contributed by atoms with Crippen molar-refractivity contribution < 1.29 is 9.84 Å². The quantitative estimate of drug-likeness (QED) is 0.448. The standard InChI is InChI=1S/C4H7O2/c5-4-1-2-6-3-4/h3-5H,1-2H2. The van der Waals surface area contributed by atoms with Crippen LogP contribution in [0.4, 0.5) is 0 Å². The maximum Gasteiger partial charge on any atom is 0.112 e. The van der Waals surface area contributed by atoms with E-state index >= 15 is 0 Å². The minimum absolute atomic E-state index is 0.301. The minimum Gasteiger partial charge on any atom is -0.390 e. The molecule has 2 heteroatoms. The van der Waals surface area contributed by atoms with E-state index in [4.69, 9.17) is 5.11 Å². The van der Waals surface area contributed by atoms with Gasteiger partial charge in [-0.2, -0.15) is 0 Å². The summed E-state index contributed by atoms with van der Waals surface area (Å²) < 4.78 is 4.68. The predicted octanol–water partition coefficient (Wildman–Crippen LogP) is -0.0706. The van der Waals surface area contributed by atoms with E-state index in [1.54, 1.807) is 0 Å². The van der Waals surface area contributed by atoms with Gasteiger partial charge in [0.1, 0.15) is 6.61 Å². The van der Waals surface area contributed by atoms with E-state index in [9.17, 15) is 0 Å². The summed E-state index contributed by atoms with van der Waals surface area (Å²) in [5.41, 5.74) is 0. The van der Waals surface area contributed by atoms with Gasteiger partial charge in [-0.1, -0.05) is 0 Å². The molecule has 1 aliphatic heterocycles. The second kappa shape index (κ2) is 1.58. The van der Waals surface area contributed by atoms with Crippen LogP contribution in [0.5, 0.6) is 0 Å². The molecule has 0 spiro atoms. The van der Waals surface area contributed by atoms with Gasteiger partial charge in [0.2, 0.25) is 0 Å². The van der Waals surface area contributed by atoms with Crippen LogP contribution in [0.25, 0.3) is 0 Å². The number of aliphatic hydroxyl groups excluding tert-OH is 1. The average Bonchev–Trinajstić information content (AvgIpc) is 1.86. The number of hydrogen-bond donors (Lipinski definition) is 1. The van der Waals surface area contributed by atoms with Crippen molar-refractivity contribution in [2.24, 2.45) is 0 Å². The van der Waals surface area contributed by atoms with Gasteiger partial charge in [0.05, 0.1) is 6.10 Å². The van der Waals surface area contributed by atoms with Crippen LogP contribution in [-0.2, 0) is 4.74 Å². The molecule has 1 heterocycles. The van der Waals surface area contributed by atoms with Crippen molar-refractivity contribution in [1.29, 1.82) is 0 Å². The molecule has 1 rings (SSSR count). The Morgan fingerprint density at radius 2 is 2.67 bits per heavy atom. The van der Waals surface area contributed by atoms with Gasteiger partial charge in [0.15, 0.2) is 0 Å². The zero-order valence-corrected chi connectivity index (χ0v) is 3.42. The van der Waals surface area contributed by atoms with Gasteiger partial charge in [-0.05, 0) is 6.42 Å². The third kappa shape index (κ3) is 0.698. The summed E-state index contributed by atoms with van der Waals surface area (Å²) in [4.78, 5) is 0. The Hall–Kier alpha value is -0.0800. The van der Waals surface area contributed by atoms with Crippen molar-refractivity contribution in [3.05, 3.63) is 6.61 Å². The smallest absolute Gasteiger partial charge is 0.112 e. The first-order valence-corrected chi connectivity index (χ1v) is 2.02. The van der Waals surface area contributed by atoms with Crippen LogP contribution in [0.3, 0.4) is 0 Å². The molecule has 1 saturated heterocycles. The van der Waals surface area contributed by atoms with Gasteiger partial charge in [-0.25, -0.2) is 0 Å². The Morgan fingerprint density at radius 1 is 1.83 bits per heavy atom. The first kappa shape index (κ1) is 4.09. The Balaban J connectivity index is 2.18. The second-order valence-corrected chi connectivity index (χ2v) is 1.36. The van der Waals surface area contributed by atoms with E-state index in [0.717, 1.165) is 6.42 Å². The first-order chi connectivity index (χ1) is 2.89. The highest BCUT2D eigenvalue weighted by atomic mass is 16.5. The Kier molecular flexibility index (Phi) is 1.08. The Bertz CT molecular complexity index is 38.8. The molecule has 1 N–H and O–H groups in total. The van der Waals surface area contributed by atoms with Crippen LogP contribution in [0.15, 0.2) is 0 Å². The molecular weight excluding hydrogens is 80.0 g/mol. The van der Waals surface area contributed by atoms with Crippen molar-refractivity contribution >= 4 is 0 Å². The first-order valence-electron chi connectivity index (χ1n) is 2.02. The van der Waals surface area contributed by atoms with Crippen LogP contribution in [0.2, 0.25) is 0 Å². The molecule has 1 fully saturated rings. The molecule has 1 radical (unpaired) electrons. The van der Waals surface area contributed by atoms with Gasteiger partial charge < -0.3 is 9.84 Å². The molecule has 1 aliphatic rings. The summed E-state index contributed by atoms with van der Waals surface area (Å²) in [5.74, 6) is 0. The largest absolute Gasteiger partial charge is 0.390 e. The highest BCUT2D eigenvalue weighted by Crippen LogP contribution is 2.05. The maximum absolute atomic E-state index is 8.55. The molecule has 0 aromatic rings. The van der Waals surface area contributed by atoms with Crippen molar-refractivity contribution in [2.45, 2.75) is 12.5 Å². The lowest BCUT2D eigenvalue weighted by Crippen LogP contribution is -1.96. The highest BCUT2D eigenvalue weighted by Gasteiger charge is 2.10. The summed E-state index contributed by atoms with van der Waals surface area (Å²) in [6.07, 6.45) is 0.463. The van der Waals surface area contributed by atoms with Crippen LogP contribution in [0, 0.1) is 6.61 Å². The van der Waals surface area contributed by atoms with Crippen molar-refractivity contribution in [1.82, 2.24) is 0 Å². The van der Waals surface area contributed by atoms with Crippen molar-refractivity contribution in [2.75, 3.05) is 6.61 Å². The summed E-state index contributed by atoms with van der Waals surface area (Å²) >= 11 is 0. The van der Waals surface area contributed by atoms with Crippen LogP contribution < -0.4 is 0 Å². The van der Waals surface area contributed by atoms with Crippen LogP contribution in [-0.4, -0.2) is 17.8 Å². The fourth-order valence-electron chi connectivity index (χ4n) is 0.436. The third-order valence-electron chi connectivity index (χ3n) is 0.785. The van der Waals surface area contributed by atoms with Crippen LogP contribution in [0.1, 0.15) is 6.42 Å². The molecule has 35 valence electrons. The van der Waals surface area contributed by atoms with E-state index in [1.807, 2.05) is 0 Å². The Labute approximate surface area is 36.7 Å². The summed E-state index contributed by atoms with van der Waals surface area (Å²) in [6, 6.07) is 0. The molecule has 0 aliphatic carbocycles. The van der Waals surface area contributed by atoms with Gasteiger partial charge in [-0.3, -0.25) is 0 Å². The molecule has 0 aromatic carbocycles. The zero-order valence-electron chi connectivity index (χ0n) is 3.42. The van der Waals surface area contributed by atoms with Gasteiger partial charge in [0.25, 0.3) is 0 Å². The van der Waals surface area contributed by atoms with Crippen molar-refractivity contribution in [3.63, 3.8) is 0 Å². The monoisotopic (exact) mass is 87.0 g/mol. The van der Waals surface area contributed by atoms with Crippen LogP contribution >= 0.6 is 0 Å². The van der Waals surface area contributed by atoms with E-state index in [2.05, 4.69) is 4.74 Å². The summed E-state index contributed by atoms with van der Waals surface area (Å²) in [6.45, 7) is 2.14. The van der Waals surface area contributed by atoms with E-state index in [-0.39, 0.29) is 6.10 Å². The maximum atomic E-state index is 8.55. The normalized spacial score (nSPS) is 34.5. The fraction of sp³-hybridized carbons (Fsp3) is 0.750. The molecule has 1 unspecified atom stereocenters. The molecule has 0 aromatic heterocycles. The average molecular weight is 87.1 g/mol. The van der Waals surface area contributed by atoms with Gasteiger partial charge in [0, 0.05) is 6.61 Å². The van der Waals surface area contributed by atoms with E-state index < -0.39 is 0 Å². The number of hydrogen-bond acceptors (Lipinski definition) is 2. The molecule has 0 amide bonds. The van der Waals surface area contributed by atoms with Gasteiger partial charge in [-0.15, -0.1) is 0 Å². The Morgan fingerprint density at radius 3 is 2.83 bits per heavy atom. The topological polar surface area (TPSA) is 29.5 Å². The predicted molar refractivity (Wildman–Crippen MR) is 20.9 cm³/mol. The van der Waals surface area contributed by atoms with Gasteiger partial charge >= 0.3 is 0 Å². The summed E-state index contributed by atoms with van der Waals surface area (Å²) in [7, 11) is 0. The zero-order chi connectivity index (χ0) is 4.41. The molecule has 1 atom stereocenters. The lowest BCUT2D eigenvalue weighted by molar-refractivity contribution is 0.183. The molecule has 0 bridgehead atoms. The SMILES string of the molecule is OC1[CH]OCC1. The molecule has 2 nitrogen and oxygen atoms in total.